The molecule has 1 aliphatic heterocycles. The molecule has 1 heterocycles. The van der Waals surface area contributed by atoms with Crippen molar-refractivity contribution in [2.45, 2.75) is 19.4 Å². The number of nitro benzene ring substituents is 1. The van der Waals surface area contributed by atoms with Gasteiger partial charge in [-0.2, -0.15) is 0 Å². The van der Waals surface area contributed by atoms with Crippen LogP contribution in [-0.4, -0.2) is 23.4 Å². The van der Waals surface area contributed by atoms with E-state index in [1.54, 1.807) is 12.1 Å². The molecule has 0 aromatic heterocycles. The van der Waals surface area contributed by atoms with Crippen molar-refractivity contribution in [3.63, 3.8) is 0 Å². The quantitative estimate of drug-likeness (QED) is 0.609. The molecule has 6 heteroatoms. The molecular formula is C11H13N3O3. The van der Waals surface area contributed by atoms with Gasteiger partial charge in [-0.25, -0.2) is 0 Å². The van der Waals surface area contributed by atoms with Crippen molar-refractivity contribution < 1.29 is 9.72 Å². The summed E-state index contributed by atoms with van der Waals surface area (Å²) in [5.74, 6) is -0.0298. The number of nitro groups is 1. The number of benzene rings is 1. The van der Waals surface area contributed by atoms with Gasteiger partial charge in [0.25, 0.3) is 5.69 Å². The standard InChI is InChI=1S/C11H13N3O3/c1-7-2-3-10(14(16)17)9(4-7)13-8-5-11(15)12-6-8/h2-4,8,13H,5-6H2,1H3,(H,12,15). The van der Waals surface area contributed by atoms with Crippen molar-refractivity contribution in [1.29, 1.82) is 0 Å². The molecule has 0 aliphatic carbocycles. The van der Waals surface area contributed by atoms with Gasteiger partial charge >= 0.3 is 0 Å². The highest BCUT2D eigenvalue weighted by Crippen LogP contribution is 2.26. The van der Waals surface area contributed by atoms with Crippen LogP contribution in [0.3, 0.4) is 0 Å². The molecule has 90 valence electrons. The fourth-order valence-corrected chi connectivity index (χ4v) is 1.85. The molecule has 1 aromatic rings. The van der Waals surface area contributed by atoms with Crippen LogP contribution < -0.4 is 10.6 Å². The van der Waals surface area contributed by atoms with Crippen LogP contribution in [0.1, 0.15) is 12.0 Å². The van der Waals surface area contributed by atoms with Gasteiger partial charge < -0.3 is 10.6 Å². The molecule has 1 atom stereocenters. The minimum atomic E-state index is -0.425. The number of carbonyl (C=O) groups is 1. The summed E-state index contributed by atoms with van der Waals surface area (Å²) in [5.41, 5.74) is 1.45. The Morgan fingerprint density at radius 2 is 2.29 bits per heavy atom. The largest absolute Gasteiger partial charge is 0.374 e. The van der Waals surface area contributed by atoms with Crippen LogP contribution >= 0.6 is 0 Å². The van der Waals surface area contributed by atoms with Crippen molar-refractivity contribution in [3.05, 3.63) is 33.9 Å². The molecule has 0 spiro atoms. The van der Waals surface area contributed by atoms with Crippen molar-refractivity contribution >= 4 is 17.3 Å². The van der Waals surface area contributed by atoms with Gasteiger partial charge in [-0.15, -0.1) is 0 Å². The first-order chi connectivity index (χ1) is 8.06. The van der Waals surface area contributed by atoms with Gasteiger partial charge in [-0.1, -0.05) is 6.07 Å². The zero-order chi connectivity index (χ0) is 12.4. The third-order valence-electron chi connectivity index (χ3n) is 2.69. The summed E-state index contributed by atoms with van der Waals surface area (Å²) >= 11 is 0. The van der Waals surface area contributed by atoms with Gasteiger partial charge in [0.05, 0.1) is 11.0 Å². The van der Waals surface area contributed by atoms with Gasteiger partial charge in [-0.05, 0) is 18.6 Å². The highest BCUT2D eigenvalue weighted by molar-refractivity contribution is 5.80. The van der Waals surface area contributed by atoms with Crippen LogP contribution in [0.4, 0.5) is 11.4 Å². The molecule has 1 fully saturated rings. The van der Waals surface area contributed by atoms with E-state index < -0.39 is 4.92 Å². The van der Waals surface area contributed by atoms with E-state index >= 15 is 0 Å². The summed E-state index contributed by atoms with van der Waals surface area (Å²) in [6.07, 6.45) is 0.352. The Morgan fingerprint density at radius 3 is 2.88 bits per heavy atom. The summed E-state index contributed by atoms with van der Waals surface area (Å²) in [6, 6.07) is 4.81. The molecule has 0 radical (unpaired) electrons. The highest BCUT2D eigenvalue weighted by atomic mass is 16.6. The fraction of sp³-hybridized carbons (Fsp3) is 0.364. The zero-order valence-electron chi connectivity index (χ0n) is 9.40. The molecule has 1 saturated heterocycles. The number of carbonyl (C=O) groups excluding carboxylic acids is 1. The Kier molecular flexibility index (Phi) is 2.95. The number of rotatable bonds is 3. The number of amides is 1. The lowest BCUT2D eigenvalue weighted by Gasteiger charge is -2.12. The normalized spacial score (nSPS) is 18.9. The Balaban J connectivity index is 2.21. The summed E-state index contributed by atoms with van der Waals surface area (Å²) in [6.45, 7) is 2.37. The lowest BCUT2D eigenvalue weighted by Crippen LogP contribution is -2.22. The third kappa shape index (κ3) is 2.52. The average molecular weight is 235 g/mol. The fourth-order valence-electron chi connectivity index (χ4n) is 1.85. The molecule has 1 unspecified atom stereocenters. The van der Waals surface area contributed by atoms with Crippen LogP contribution in [0.2, 0.25) is 0 Å². The van der Waals surface area contributed by atoms with Gasteiger partial charge in [0, 0.05) is 19.0 Å². The van der Waals surface area contributed by atoms with E-state index in [9.17, 15) is 14.9 Å². The van der Waals surface area contributed by atoms with Gasteiger partial charge in [0.2, 0.25) is 5.91 Å². The van der Waals surface area contributed by atoms with Crippen molar-refractivity contribution in [1.82, 2.24) is 5.32 Å². The second-order valence-electron chi connectivity index (χ2n) is 4.13. The highest BCUT2D eigenvalue weighted by Gasteiger charge is 2.23. The van der Waals surface area contributed by atoms with Crippen molar-refractivity contribution in [3.8, 4) is 0 Å². The predicted molar refractivity (Wildman–Crippen MR) is 62.9 cm³/mol. The van der Waals surface area contributed by atoms with E-state index in [4.69, 9.17) is 0 Å². The zero-order valence-corrected chi connectivity index (χ0v) is 9.40. The molecule has 2 rings (SSSR count). The van der Waals surface area contributed by atoms with E-state index in [2.05, 4.69) is 10.6 Å². The molecule has 6 nitrogen and oxygen atoms in total. The van der Waals surface area contributed by atoms with E-state index in [0.717, 1.165) is 5.56 Å². The van der Waals surface area contributed by atoms with Crippen LogP contribution in [-0.2, 0) is 4.79 Å². The minimum absolute atomic E-state index is 0.0298. The first kappa shape index (κ1) is 11.4. The number of nitrogens with one attached hydrogen (secondary N) is 2. The van der Waals surface area contributed by atoms with Crippen LogP contribution in [0, 0.1) is 17.0 Å². The van der Waals surface area contributed by atoms with E-state index in [1.807, 2.05) is 6.92 Å². The number of hydrogen-bond acceptors (Lipinski definition) is 4. The predicted octanol–water partition coefficient (Wildman–Crippen LogP) is 1.20. The first-order valence-corrected chi connectivity index (χ1v) is 5.34. The van der Waals surface area contributed by atoms with Crippen LogP contribution in [0.5, 0.6) is 0 Å². The summed E-state index contributed by atoms with van der Waals surface area (Å²) in [4.78, 5) is 21.5. The maximum atomic E-state index is 11.0. The molecule has 0 saturated carbocycles. The maximum absolute atomic E-state index is 11.0. The van der Waals surface area contributed by atoms with Crippen molar-refractivity contribution in [2.24, 2.45) is 0 Å². The lowest BCUT2D eigenvalue weighted by atomic mass is 10.1. The molecule has 2 N–H and O–H groups in total. The van der Waals surface area contributed by atoms with E-state index in [0.29, 0.717) is 18.7 Å². The lowest BCUT2D eigenvalue weighted by molar-refractivity contribution is -0.384. The topological polar surface area (TPSA) is 84.3 Å². The summed E-state index contributed by atoms with van der Waals surface area (Å²) < 4.78 is 0. The van der Waals surface area contributed by atoms with Gasteiger partial charge in [-0.3, -0.25) is 14.9 Å². The molecule has 17 heavy (non-hydrogen) atoms. The average Bonchev–Trinajstić information content (AvgIpc) is 2.63. The SMILES string of the molecule is Cc1ccc([N+](=O)[O-])c(NC2CNC(=O)C2)c1. The smallest absolute Gasteiger partial charge is 0.292 e. The second-order valence-corrected chi connectivity index (χ2v) is 4.13. The molecule has 1 aromatic carbocycles. The molecular weight excluding hydrogens is 222 g/mol. The number of aryl methyl sites for hydroxylation is 1. The third-order valence-corrected chi connectivity index (χ3v) is 2.69. The monoisotopic (exact) mass is 235 g/mol. The number of anilines is 1. The van der Waals surface area contributed by atoms with E-state index in [1.165, 1.54) is 6.07 Å². The Labute approximate surface area is 98.2 Å². The van der Waals surface area contributed by atoms with Gasteiger partial charge in [0.15, 0.2) is 0 Å². The van der Waals surface area contributed by atoms with Crippen molar-refractivity contribution in [2.75, 3.05) is 11.9 Å². The van der Waals surface area contributed by atoms with Crippen LogP contribution in [0.25, 0.3) is 0 Å². The first-order valence-electron chi connectivity index (χ1n) is 5.34. The number of hydrogen-bond donors (Lipinski definition) is 2. The minimum Gasteiger partial charge on any atom is -0.374 e. The summed E-state index contributed by atoms with van der Waals surface area (Å²) in [5, 5.41) is 16.6. The Hall–Kier alpha value is -2.11. The Morgan fingerprint density at radius 1 is 1.53 bits per heavy atom. The molecule has 1 aliphatic rings. The second kappa shape index (κ2) is 4.40. The molecule has 1 amide bonds. The summed E-state index contributed by atoms with van der Waals surface area (Å²) in [7, 11) is 0. The molecule has 0 bridgehead atoms. The van der Waals surface area contributed by atoms with Gasteiger partial charge in [0.1, 0.15) is 5.69 Å². The maximum Gasteiger partial charge on any atom is 0.292 e. The number of nitrogens with zero attached hydrogens (tertiary/aromatic N) is 1. The van der Waals surface area contributed by atoms with Crippen LogP contribution in [0.15, 0.2) is 18.2 Å². The Bertz CT molecular complexity index is 473. The van der Waals surface area contributed by atoms with E-state index in [-0.39, 0.29) is 17.6 Å².